The summed E-state index contributed by atoms with van der Waals surface area (Å²) in [6.07, 6.45) is 0. The van der Waals surface area contributed by atoms with E-state index in [1.54, 1.807) is 30.3 Å². The Kier molecular flexibility index (Phi) is 3.12. The second-order valence-electron chi connectivity index (χ2n) is 4.07. The summed E-state index contributed by atoms with van der Waals surface area (Å²) in [5.41, 5.74) is -0.568. The summed E-state index contributed by atoms with van der Waals surface area (Å²) in [6.45, 7) is 0. The quantitative estimate of drug-likeness (QED) is 0.587. The predicted octanol–water partition coefficient (Wildman–Crippen LogP) is 1.71. The van der Waals surface area contributed by atoms with Crippen molar-refractivity contribution in [1.82, 2.24) is 9.55 Å². The van der Waals surface area contributed by atoms with Crippen LogP contribution >= 0.6 is 23.4 Å². The van der Waals surface area contributed by atoms with Crippen molar-refractivity contribution in [3.8, 4) is 17.3 Å². The van der Waals surface area contributed by atoms with E-state index in [9.17, 15) is 14.4 Å². The molecule has 1 aromatic heterocycles. The number of fused-ring (bicyclic) bond motifs is 1. The van der Waals surface area contributed by atoms with Gasteiger partial charge in [-0.3, -0.25) is 14.4 Å². The standard InChI is InChI=1S/C13H4ClN3O3S/c14-7-3-1-6(2-4-7)9-8(5-15)10(18)16-13-17(9)11(19)12(20)21-13/h1-4H. The van der Waals surface area contributed by atoms with Gasteiger partial charge in [-0.25, -0.2) is 4.57 Å². The predicted molar refractivity (Wildman–Crippen MR) is 75.1 cm³/mol. The highest BCUT2D eigenvalue weighted by molar-refractivity contribution is 8.15. The molecule has 6 nitrogen and oxygen atoms in total. The van der Waals surface area contributed by atoms with Crippen LogP contribution in [0.2, 0.25) is 5.02 Å². The number of nitrogens with zero attached hydrogens (tertiary/aromatic N) is 3. The van der Waals surface area contributed by atoms with Gasteiger partial charge in [-0.2, -0.15) is 10.2 Å². The molecule has 8 heteroatoms. The lowest BCUT2D eigenvalue weighted by molar-refractivity contribution is -0.107. The lowest BCUT2D eigenvalue weighted by atomic mass is 10.1. The Morgan fingerprint density at radius 2 is 1.86 bits per heavy atom. The number of carbonyl (C=O) groups excluding carboxylic acids is 2. The van der Waals surface area contributed by atoms with Gasteiger partial charge in [0.2, 0.25) is 0 Å². The summed E-state index contributed by atoms with van der Waals surface area (Å²) in [7, 11) is 0. The molecule has 0 amide bonds. The Balaban J connectivity index is 2.41. The van der Waals surface area contributed by atoms with Crippen LogP contribution < -0.4 is 5.56 Å². The second-order valence-corrected chi connectivity index (χ2v) is 5.45. The van der Waals surface area contributed by atoms with E-state index in [2.05, 4.69) is 4.98 Å². The summed E-state index contributed by atoms with van der Waals surface area (Å²) >= 11 is 6.37. The number of carbonyl (C=O) groups is 2. The summed E-state index contributed by atoms with van der Waals surface area (Å²) in [5, 5.41) is 8.86. The van der Waals surface area contributed by atoms with Crippen LogP contribution in [0.15, 0.2) is 34.2 Å². The number of hydrogen-bond acceptors (Lipinski definition) is 6. The molecule has 0 saturated heterocycles. The molecule has 0 saturated carbocycles. The molecule has 3 rings (SSSR count). The highest BCUT2D eigenvalue weighted by atomic mass is 35.5. The van der Waals surface area contributed by atoms with Gasteiger partial charge in [0, 0.05) is 10.6 Å². The number of aromatic nitrogens is 2. The molecule has 1 aliphatic heterocycles. The van der Waals surface area contributed by atoms with Crippen LogP contribution in [0.25, 0.3) is 11.3 Å². The first-order valence-electron chi connectivity index (χ1n) is 5.62. The number of halogens is 1. The molecule has 0 aliphatic carbocycles. The van der Waals surface area contributed by atoms with E-state index in [0.29, 0.717) is 22.3 Å². The molecule has 2 heterocycles. The molecule has 2 aromatic rings. The number of benzene rings is 1. The molecule has 102 valence electrons. The van der Waals surface area contributed by atoms with Gasteiger partial charge in [0.05, 0.1) is 5.69 Å². The molecular weight excluding hydrogens is 314 g/mol. The number of hydrogen-bond donors (Lipinski definition) is 0. The summed E-state index contributed by atoms with van der Waals surface area (Å²) in [4.78, 5) is 39.0. The molecule has 0 spiro atoms. The maximum Gasteiger partial charge on any atom is 0.312 e. The van der Waals surface area contributed by atoms with E-state index in [1.165, 1.54) is 0 Å². The van der Waals surface area contributed by atoms with Gasteiger partial charge in [0.15, 0.2) is 5.16 Å². The molecule has 0 bridgehead atoms. The maximum absolute atomic E-state index is 12.0. The molecule has 0 N–H and O–H groups in total. The first-order valence-corrected chi connectivity index (χ1v) is 6.82. The van der Waals surface area contributed by atoms with Gasteiger partial charge in [-0.1, -0.05) is 23.7 Å². The van der Waals surface area contributed by atoms with Gasteiger partial charge in [0.25, 0.3) is 10.7 Å². The first-order chi connectivity index (χ1) is 10.0. The number of thioether (sulfide) groups is 1. The largest absolute Gasteiger partial charge is 0.312 e. The molecule has 0 fully saturated rings. The zero-order valence-corrected chi connectivity index (χ0v) is 11.7. The zero-order chi connectivity index (χ0) is 15.1. The van der Waals surface area contributed by atoms with Crippen molar-refractivity contribution in [3.63, 3.8) is 0 Å². The van der Waals surface area contributed by atoms with E-state index in [4.69, 9.17) is 16.9 Å². The molecule has 0 atom stereocenters. The van der Waals surface area contributed by atoms with Gasteiger partial charge in [-0.15, -0.1) is 0 Å². The van der Waals surface area contributed by atoms with Crippen molar-refractivity contribution >= 4 is 34.4 Å². The topological polar surface area (TPSA) is 92.8 Å². The smallest absolute Gasteiger partial charge is 0.275 e. The molecule has 0 unspecified atom stereocenters. The monoisotopic (exact) mass is 317 g/mol. The Bertz CT molecular complexity index is 897. The third-order valence-electron chi connectivity index (χ3n) is 2.85. The second kappa shape index (κ2) is 4.84. The van der Waals surface area contributed by atoms with E-state index in [1.807, 2.05) is 0 Å². The van der Waals surface area contributed by atoms with Crippen LogP contribution in [0.1, 0.15) is 10.4 Å². The van der Waals surface area contributed by atoms with Gasteiger partial charge in [0.1, 0.15) is 11.6 Å². The van der Waals surface area contributed by atoms with Crippen molar-refractivity contribution in [2.24, 2.45) is 0 Å². The first kappa shape index (κ1) is 13.5. The molecule has 0 radical (unpaired) electrons. The third-order valence-corrected chi connectivity index (χ3v) is 3.92. The number of rotatable bonds is 1. The fraction of sp³-hybridized carbons (Fsp3) is 0. The Labute approximate surface area is 127 Å². The fourth-order valence-corrected chi connectivity index (χ4v) is 2.82. The van der Waals surface area contributed by atoms with E-state index < -0.39 is 16.6 Å². The SMILES string of the molecule is N#Cc1c(-c2ccc(Cl)cc2)n2c(nc1=O)SC(=O)C2=O. The highest BCUT2D eigenvalue weighted by Gasteiger charge is 2.34. The van der Waals surface area contributed by atoms with Crippen LogP contribution in [0.5, 0.6) is 0 Å². The van der Waals surface area contributed by atoms with Crippen LogP contribution in [-0.4, -0.2) is 20.6 Å². The zero-order valence-electron chi connectivity index (χ0n) is 10.2. The summed E-state index contributed by atoms with van der Waals surface area (Å²) < 4.78 is 0.996. The number of nitriles is 1. The van der Waals surface area contributed by atoms with Crippen LogP contribution in [0, 0.1) is 11.3 Å². The normalized spacial score (nSPS) is 13.1. The molecular formula is C13H4ClN3O3S. The van der Waals surface area contributed by atoms with Crippen molar-refractivity contribution in [2.45, 2.75) is 5.16 Å². The molecule has 21 heavy (non-hydrogen) atoms. The van der Waals surface area contributed by atoms with Crippen molar-refractivity contribution in [2.75, 3.05) is 0 Å². The minimum absolute atomic E-state index is 0.0287. The minimum Gasteiger partial charge on any atom is -0.275 e. The van der Waals surface area contributed by atoms with Crippen molar-refractivity contribution in [1.29, 1.82) is 5.26 Å². The lowest BCUT2D eigenvalue weighted by Gasteiger charge is -2.10. The fourth-order valence-electron chi connectivity index (χ4n) is 1.96. The van der Waals surface area contributed by atoms with Crippen LogP contribution in [0.4, 0.5) is 0 Å². The maximum atomic E-state index is 12.0. The summed E-state index contributed by atoms with van der Waals surface area (Å²) in [5.74, 6) is -0.830. The Hall–Kier alpha value is -2.43. The molecule has 1 aliphatic rings. The Morgan fingerprint density at radius 3 is 2.48 bits per heavy atom. The minimum atomic E-state index is -0.830. The van der Waals surface area contributed by atoms with Crippen molar-refractivity contribution < 1.29 is 9.59 Å². The molecule has 1 aromatic carbocycles. The average Bonchev–Trinajstić information content (AvgIpc) is 2.73. The van der Waals surface area contributed by atoms with Crippen molar-refractivity contribution in [3.05, 3.63) is 45.2 Å². The third kappa shape index (κ3) is 2.05. The van der Waals surface area contributed by atoms with Crippen LogP contribution in [-0.2, 0) is 4.79 Å². The van der Waals surface area contributed by atoms with Gasteiger partial charge >= 0.3 is 5.91 Å². The van der Waals surface area contributed by atoms with E-state index in [0.717, 1.165) is 4.57 Å². The summed E-state index contributed by atoms with van der Waals surface area (Å²) in [6, 6.07) is 7.98. The average molecular weight is 318 g/mol. The van der Waals surface area contributed by atoms with Gasteiger partial charge < -0.3 is 0 Å². The van der Waals surface area contributed by atoms with E-state index in [-0.39, 0.29) is 16.4 Å². The highest BCUT2D eigenvalue weighted by Crippen LogP contribution is 2.32. The van der Waals surface area contributed by atoms with Crippen LogP contribution in [0.3, 0.4) is 0 Å². The van der Waals surface area contributed by atoms with E-state index >= 15 is 0 Å². The Morgan fingerprint density at radius 1 is 1.19 bits per heavy atom. The lowest BCUT2D eigenvalue weighted by Crippen LogP contribution is -2.22. The van der Waals surface area contributed by atoms with Gasteiger partial charge in [-0.05, 0) is 23.9 Å².